The average molecular weight is 384 g/mol. The summed E-state index contributed by atoms with van der Waals surface area (Å²) in [5.41, 5.74) is 0.726. The molecule has 1 aliphatic heterocycles. The fourth-order valence-corrected chi connectivity index (χ4v) is 4.65. The van der Waals surface area contributed by atoms with Crippen molar-refractivity contribution in [2.75, 3.05) is 13.7 Å². The SMILES string of the molecule is COC(=O)C1CN(C2CCCCC2)C(=O)C1Cc1c(Cl)cccc1Cl. The Morgan fingerprint density at radius 3 is 2.44 bits per heavy atom. The molecule has 3 rings (SSSR count). The molecule has 1 aliphatic carbocycles. The minimum absolute atomic E-state index is 0.0262. The van der Waals surface area contributed by atoms with Crippen molar-refractivity contribution in [2.24, 2.45) is 11.8 Å². The van der Waals surface area contributed by atoms with E-state index in [1.807, 2.05) is 4.90 Å². The van der Waals surface area contributed by atoms with Crippen molar-refractivity contribution in [3.63, 3.8) is 0 Å². The van der Waals surface area contributed by atoms with Crippen LogP contribution in [0.15, 0.2) is 18.2 Å². The second-order valence-electron chi connectivity index (χ2n) is 6.92. The number of hydrogen-bond donors (Lipinski definition) is 0. The van der Waals surface area contributed by atoms with E-state index in [2.05, 4.69) is 0 Å². The van der Waals surface area contributed by atoms with E-state index >= 15 is 0 Å². The first-order valence-corrected chi connectivity index (χ1v) is 9.59. The summed E-state index contributed by atoms with van der Waals surface area (Å²) in [6.07, 6.45) is 5.88. The summed E-state index contributed by atoms with van der Waals surface area (Å²) >= 11 is 12.6. The van der Waals surface area contributed by atoms with Crippen LogP contribution in [0.1, 0.15) is 37.7 Å². The first kappa shape index (κ1) is 18.5. The number of amides is 1. The van der Waals surface area contributed by atoms with Crippen LogP contribution in [0.25, 0.3) is 0 Å². The fraction of sp³-hybridized carbons (Fsp3) is 0.579. The summed E-state index contributed by atoms with van der Waals surface area (Å²) < 4.78 is 4.96. The lowest BCUT2D eigenvalue weighted by molar-refractivity contribution is -0.147. The van der Waals surface area contributed by atoms with Crippen LogP contribution in [0.2, 0.25) is 10.0 Å². The van der Waals surface area contributed by atoms with E-state index in [0.717, 1.165) is 31.2 Å². The number of nitrogens with zero attached hydrogens (tertiary/aromatic N) is 1. The summed E-state index contributed by atoms with van der Waals surface area (Å²) in [5.74, 6) is -1.24. The minimum Gasteiger partial charge on any atom is -0.469 e. The van der Waals surface area contributed by atoms with Gasteiger partial charge in [-0.3, -0.25) is 9.59 Å². The van der Waals surface area contributed by atoms with Gasteiger partial charge in [0.25, 0.3) is 0 Å². The molecule has 0 N–H and O–H groups in total. The van der Waals surface area contributed by atoms with Crippen LogP contribution in [-0.4, -0.2) is 36.5 Å². The highest BCUT2D eigenvalue weighted by atomic mass is 35.5. The smallest absolute Gasteiger partial charge is 0.311 e. The number of rotatable bonds is 4. The minimum atomic E-state index is -0.466. The van der Waals surface area contributed by atoms with E-state index in [-0.39, 0.29) is 17.9 Å². The topological polar surface area (TPSA) is 46.6 Å². The molecule has 1 saturated heterocycles. The summed E-state index contributed by atoms with van der Waals surface area (Å²) in [6.45, 7) is 0.433. The van der Waals surface area contributed by atoms with Crippen molar-refractivity contribution in [1.82, 2.24) is 4.90 Å². The molecule has 2 fully saturated rings. The van der Waals surface area contributed by atoms with Crippen LogP contribution >= 0.6 is 23.2 Å². The van der Waals surface area contributed by atoms with Crippen LogP contribution in [0.3, 0.4) is 0 Å². The number of carbonyl (C=O) groups is 2. The van der Waals surface area contributed by atoms with E-state index in [0.29, 0.717) is 23.0 Å². The first-order chi connectivity index (χ1) is 12.0. The molecule has 136 valence electrons. The van der Waals surface area contributed by atoms with E-state index in [9.17, 15) is 9.59 Å². The Hall–Kier alpha value is -1.26. The number of methoxy groups -OCH3 is 1. The van der Waals surface area contributed by atoms with E-state index in [1.54, 1.807) is 18.2 Å². The maximum absolute atomic E-state index is 13.1. The Morgan fingerprint density at radius 2 is 1.84 bits per heavy atom. The van der Waals surface area contributed by atoms with Crippen LogP contribution in [0.4, 0.5) is 0 Å². The van der Waals surface area contributed by atoms with Crippen molar-refractivity contribution in [2.45, 2.75) is 44.6 Å². The number of esters is 1. The third-order valence-corrected chi connectivity index (χ3v) is 6.19. The summed E-state index contributed by atoms with van der Waals surface area (Å²) in [7, 11) is 1.37. The molecule has 1 amide bonds. The Balaban J connectivity index is 1.86. The molecule has 1 heterocycles. The highest BCUT2D eigenvalue weighted by Gasteiger charge is 2.47. The lowest BCUT2D eigenvalue weighted by Crippen LogP contribution is -2.39. The van der Waals surface area contributed by atoms with Gasteiger partial charge in [0.05, 0.1) is 18.9 Å². The van der Waals surface area contributed by atoms with Gasteiger partial charge in [0.15, 0.2) is 0 Å². The van der Waals surface area contributed by atoms with Gasteiger partial charge < -0.3 is 9.64 Å². The van der Waals surface area contributed by atoms with Gasteiger partial charge in [0.2, 0.25) is 5.91 Å². The number of hydrogen-bond acceptors (Lipinski definition) is 3. The van der Waals surface area contributed by atoms with Gasteiger partial charge in [-0.2, -0.15) is 0 Å². The van der Waals surface area contributed by atoms with Gasteiger partial charge in [0.1, 0.15) is 0 Å². The maximum Gasteiger partial charge on any atom is 0.311 e. The van der Waals surface area contributed by atoms with E-state index < -0.39 is 11.8 Å². The van der Waals surface area contributed by atoms with E-state index in [4.69, 9.17) is 27.9 Å². The quantitative estimate of drug-likeness (QED) is 0.734. The van der Waals surface area contributed by atoms with Crippen LogP contribution < -0.4 is 0 Å². The highest BCUT2D eigenvalue weighted by molar-refractivity contribution is 6.36. The number of likely N-dealkylation sites (tertiary alicyclic amines) is 1. The summed E-state index contributed by atoms with van der Waals surface area (Å²) in [4.78, 5) is 27.3. The molecule has 0 bridgehead atoms. The van der Waals surface area contributed by atoms with Gasteiger partial charge in [-0.15, -0.1) is 0 Å². The molecule has 2 aliphatic rings. The molecule has 0 spiro atoms. The molecular formula is C19H23Cl2NO3. The van der Waals surface area contributed by atoms with Gasteiger partial charge in [-0.05, 0) is 37.0 Å². The molecule has 1 aromatic carbocycles. The van der Waals surface area contributed by atoms with Crippen molar-refractivity contribution in [3.05, 3.63) is 33.8 Å². The highest BCUT2D eigenvalue weighted by Crippen LogP contribution is 2.37. The molecule has 0 aromatic heterocycles. The molecule has 1 aromatic rings. The van der Waals surface area contributed by atoms with Gasteiger partial charge in [0, 0.05) is 22.6 Å². The Bertz CT molecular complexity index is 638. The predicted octanol–water partition coefficient (Wildman–Crippen LogP) is 4.12. The van der Waals surface area contributed by atoms with Gasteiger partial charge in [-0.1, -0.05) is 48.5 Å². The van der Waals surface area contributed by atoms with Crippen molar-refractivity contribution < 1.29 is 14.3 Å². The molecule has 25 heavy (non-hydrogen) atoms. The zero-order valence-corrected chi connectivity index (χ0v) is 15.9. The molecule has 2 unspecified atom stereocenters. The third kappa shape index (κ3) is 3.80. The standard InChI is InChI=1S/C19H23Cl2NO3/c1-25-19(24)15-11-22(12-6-3-2-4-7-12)18(23)13(15)10-14-16(20)8-5-9-17(14)21/h5,8-9,12-13,15H,2-4,6-7,10-11H2,1H3. The van der Waals surface area contributed by atoms with Gasteiger partial charge in [-0.25, -0.2) is 0 Å². The molecular weight excluding hydrogens is 361 g/mol. The largest absolute Gasteiger partial charge is 0.469 e. The third-order valence-electron chi connectivity index (χ3n) is 5.48. The number of carbonyl (C=O) groups excluding carboxylic acids is 2. The van der Waals surface area contributed by atoms with Crippen LogP contribution in [-0.2, 0) is 20.7 Å². The molecule has 0 radical (unpaired) electrons. The lowest BCUT2D eigenvalue weighted by atomic mass is 9.89. The van der Waals surface area contributed by atoms with Crippen molar-refractivity contribution >= 4 is 35.1 Å². The van der Waals surface area contributed by atoms with Crippen molar-refractivity contribution in [1.29, 1.82) is 0 Å². The molecule has 6 heteroatoms. The van der Waals surface area contributed by atoms with E-state index in [1.165, 1.54) is 13.5 Å². The first-order valence-electron chi connectivity index (χ1n) is 8.84. The fourth-order valence-electron chi connectivity index (χ4n) is 4.10. The zero-order valence-electron chi connectivity index (χ0n) is 14.3. The lowest BCUT2D eigenvalue weighted by Gasteiger charge is -2.31. The normalized spacial score (nSPS) is 24.6. The maximum atomic E-state index is 13.1. The molecule has 1 saturated carbocycles. The van der Waals surface area contributed by atoms with Crippen LogP contribution in [0.5, 0.6) is 0 Å². The average Bonchev–Trinajstić information content (AvgIpc) is 2.95. The number of ether oxygens (including phenoxy) is 1. The Labute approximate surface area is 158 Å². The monoisotopic (exact) mass is 383 g/mol. The predicted molar refractivity (Wildman–Crippen MR) is 97.7 cm³/mol. The molecule has 2 atom stereocenters. The second kappa shape index (κ2) is 7.96. The van der Waals surface area contributed by atoms with Crippen LogP contribution in [0, 0.1) is 11.8 Å². The summed E-state index contributed by atoms with van der Waals surface area (Å²) in [6, 6.07) is 5.53. The second-order valence-corrected chi connectivity index (χ2v) is 7.74. The number of benzene rings is 1. The zero-order chi connectivity index (χ0) is 18.0. The number of halogens is 2. The Morgan fingerprint density at radius 1 is 1.20 bits per heavy atom. The molecule has 4 nitrogen and oxygen atoms in total. The Kier molecular flexibility index (Phi) is 5.90. The summed E-state index contributed by atoms with van der Waals surface area (Å²) in [5, 5.41) is 1.06. The van der Waals surface area contributed by atoms with Gasteiger partial charge >= 0.3 is 5.97 Å². The van der Waals surface area contributed by atoms with Crippen molar-refractivity contribution in [3.8, 4) is 0 Å².